The number of methoxy groups -OCH3 is 1. The molecule has 1 aromatic carbocycles. The first-order valence-corrected chi connectivity index (χ1v) is 11.3. The molecule has 8 nitrogen and oxygen atoms in total. The fraction of sp³-hybridized carbons (Fsp3) is 0.429. The number of hydrogen-bond donors (Lipinski definition) is 1. The van der Waals surface area contributed by atoms with E-state index in [1.807, 2.05) is 18.2 Å². The number of piperidine rings is 1. The quantitative estimate of drug-likeness (QED) is 0.538. The number of para-hydroxylation sites is 1. The van der Waals surface area contributed by atoms with Crippen molar-refractivity contribution >= 4 is 39.7 Å². The molecular formula is C21H23N7OS. The number of nitrogens with two attached hydrogens (primary N) is 1. The minimum Gasteiger partial charge on any atom is -0.494 e. The first kappa shape index (κ1) is 17.9. The molecule has 2 fully saturated rings. The van der Waals surface area contributed by atoms with Crippen LogP contribution in [0.15, 0.2) is 23.6 Å². The molecule has 1 aliphatic carbocycles. The first-order valence-electron chi connectivity index (χ1n) is 10.4. The fourth-order valence-electron chi connectivity index (χ4n) is 4.32. The van der Waals surface area contributed by atoms with Crippen LogP contribution in [0.25, 0.3) is 16.6 Å². The molecule has 4 aromatic rings. The van der Waals surface area contributed by atoms with Crippen LogP contribution in [-0.2, 0) is 0 Å². The van der Waals surface area contributed by atoms with Crippen LogP contribution in [0, 0.1) is 0 Å². The third-order valence-electron chi connectivity index (χ3n) is 6.07. The summed E-state index contributed by atoms with van der Waals surface area (Å²) in [5.74, 6) is 3.87. The van der Waals surface area contributed by atoms with Crippen molar-refractivity contribution in [1.29, 1.82) is 0 Å². The lowest BCUT2D eigenvalue weighted by Crippen LogP contribution is -2.35. The summed E-state index contributed by atoms with van der Waals surface area (Å²) in [6, 6.07) is 5.81. The summed E-state index contributed by atoms with van der Waals surface area (Å²) in [6.45, 7) is 1.90. The zero-order valence-electron chi connectivity index (χ0n) is 16.8. The van der Waals surface area contributed by atoms with E-state index in [9.17, 15) is 0 Å². The van der Waals surface area contributed by atoms with Gasteiger partial charge in [0.25, 0.3) is 0 Å². The van der Waals surface area contributed by atoms with Gasteiger partial charge in [-0.05, 0) is 37.8 Å². The summed E-state index contributed by atoms with van der Waals surface area (Å²) in [5.41, 5.74) is 7.66. The van der Waals surface area contributed by atoms with Gasteiger partial charge in [-0.3, -0.25) is 0 Å². The lowest BCUT2D eigenvalue weighted by Gasteiger charge is -2.31. The van der Waals surface area contributed by atoms with Crippen molar-refractivity contribution in [2.75, 3.05) is 30.8 Å². The fourth-order valence-corrected chi connectivity index (χ4v) is 5.32. The molecule has 1 atom stereocenters. The van der Waals surface area contributed by atoms with Gasteiger partial charge in [-0.25, -0.2) is 15.0 Å². The molecule has 3 aromatic heterocycles. The number of thiazole rings is 1. The van der Waals surface area contributed by atoms with E-state index in [1.54, 1.807) is 23.0 Å². The minimum absolute atomic E-state index is 0.241. The van der Waals surface area contributed by atoms with Crippen molar-refractivity contribution < 1.29 is 4.74 Å². The second-order valence-electron chi connectivity index (χ2n) is 8.14. The summed E-state index contributed by atoms with van der Waals surface area (Å²) >= 11 is 1.80. The Labute approximate surface area is 177 Å². The molecule has 0 radical (unpaired) electrons. The summed E-state index contributed by atoms with van der Waals surface area (Å²) in [5, 5.41) is 9.13. The second-order valence-corrected chi connectivity index (χ2v) is 9.02. The molecule has 2 N–H and O–H groups in total. The van der Waals surface area contributed by atoms with Crippen molar-refractivity contribution in [3.63, 3.8) is 0 Å². The first-order chi connectivity index (χ1) is 14.7. The third-order valence-corrected chi connectivity index (χ3v) is 7.07. The summed E-state index contributed by atoms with van der Waals surface area (Å²) < 4.78 is 7.11. The zero-order valence-corrected chi connectivity index (χ0v) is 17.6. The van der Waals surface area contributed by atoms with Crippen LogP contribution in [0.5, 0.6) is 5.75 Å². The number of rotatable bonds is 4. The maximum atomic E-state index is 6.22. The van der Waals surface area contributed by atoms with Crippen molar-refractivity contribution in [3.05, 3.63) is 34.4 Å². The zero-order chi connectivity index (χ0) is 20.2. The Hall–Kier alpha value is -2.94. The van der Waals surface area contributed by atoms with E-state index in [1.165, 1.54) is 17.8 Å². The van der Waals surface area contributed by atoms with Crippen LogP contribution in [0.3, 0.4) is 0 Å². The van der Waals surface area contributed by atoms with Crippen LogP contribution >= 0.6 is 11.3 Å². The Morgan fingerprint density at radius 1 is 1.13 bits per heavy atom. The minimum atomic E-state index is 0.241. The highest BCUT2D eigenvalue weighted by Crippen LogP contribution is 2.43. The lowest BCUT2D eigenvalue weighted by molar-refractivity contribution is 0.419. The van der Waals surface area contributed by atoms with Gasteiger partial charge < -0.3 is 15.4 Å². The maximum Gasteiger partial charge on any atom is 0.223 e. The molecule has 2 aliphatic rings. The van der Waals surface area contributed by atoms with Crippen molar-refractivity contribution in [1.82, 2.24) is 24.6 Å². The standard InChI is InChI=1S/C21H23N7OS/c1-29-15-6-2-5-14-17(15)24-21(22)28-19(14)25-18(26-28)13-4-3-9-27(10-13)16-11-30-20(23-16)12-7-8-12/h2,5-6,11-13H,3-4,7-10H2,1H3,(H2,22,24)/t13-/m1/s1. The van der Waals surface area contributed by atoms with Crippen molar-refractivity contribution in [2.24, 2.45) is 0 Å². The van der Waals surface area contributed by atoms with Crippen molar-refractivity contribution in [2.45, 2.75) is 37.5 Å². The van der Waals surface area contributed by atoms with Crippen LogP contribution in [0.1, 0.15) is 48.4 Å². The summed E-state index contributed by atoms with van der Waals surface area (Å²) in [6.07, 6.45) is 4.73. The Balaban J connectivity index is 1.35. The van der Waals surface area contributed by atoms with E-state index in [0.717, 1.165) is 48.6 Å². The van der Waals surface area contributed by atoms with E-state index in [4.69, 9.17) is 25.5 Å². The van der Waals surface area contributed by atoms with Crippen LogP contribution in [0.4, 0.5) is 11.8 Å². The Morgan fingerprint density at radius 2 is 2.03 bits per heavy atom. The number of anilines is 2. The second kappa shape index (κ2) is 6.80. The molecule has 9 heteroatoms. The predicted molar refractivity (Wildman–Crippen MR) is 118 cm³/mol. The van der Waals surface area contributed by atoms with Gasteiger partial charge in [-0.2, -0.15) is 4.52 Å². The average Bonchev–Trinajstić information content (AvgIpc) is 3.33. The van der Waals surface area contributed by atoms with E-state index < -0.39 is 0 Å². The number of nitrogen functional groups attached to an aromatic ring is 1. The number of hydrogen-bond acceptors (Lipinski definition) is 8. The largest absolute Gasteiger partial charge is 0.494 e. The van der Waals surface area contributed by atoms with Gasteiger partial charge in [0.2, 0.25) is 5.95 Å². The van der Waals surface area contributed by atoms with Crippen molar-refractivity contribution in [3.8, 4) is 5.75 Å². The third kappa shape index (κ3) is 2.87. The lowest BCUT2D eigenvalue weighted by atomic mass is 9.97. The number of ether oxygens (including phenoxy) is 1. The highest BCUT2D eigenvalue weighted by molar-refractivity contribution is 7.10. The summed E-state index contributed by atoms with van der Waals surface area (Å²) in [4.78, 5) is 16.7. The molecule has 0 amide bonds. The van der Waals surface area contributed by atoms with Crippen LogP contribution < -0.4 is 15.4 Å². The Kier molecular flexibility index (Phi) is 4.05. The molecule has 1 aliphatic heterocycles. The SMILES string of the molecule is COc1cccc2c1nc(N)n1nc([C@@H]3CCCN(c4csc(C5CC5)n4)C3)nc21. The number of benzene rings is 1. The van der Waals surface area contributed by atoms with Gasteiger partial charge in [0.05, 0.1) is 12.1 Å². The van der Waals surface area contributed by atoms with Gasteiger partial charge in [0.15, 0.2) is 11.5 Å². The van der Waals surface area contributed by atoms with Gasteiger partial charge in [0.1, 0.15) is 17.1 Å². The van der Waals surface area contributed by atoms with Gasteiger partial charge in [0, 0.05) is 35.7 Å². The van der Waals surface area contributed by atoms with Gasteiger partial charge in [-0.1, -0.05) is 6.07 Å². The molecule has 0 spiro atoms. The smallest absolute Gasteiger partial charge is 0.223 e. The van der Waals surface area contributed by atoms with E-state index in [0.29, 0.717) is 23.1 Å². The van der Waals surface area contributed by atoms with Crippen LogP contribution in [-0.4, -0.2) is 44.8 Å². The molecule has 154 valence electrons. The molecule has 1 saturated carbocycles. The average molecular weight is 422 g/mol. The van der Waals surface area contributed by atoms with E-state index in [-0.39, 0.29) is 5.92 Å². The molecule has 30 heavy (non-hydrogen) atoms. The molecule has 1 saturated heterocycles. The molecule has 6 rings (SSSR count). The summed E-state index contributed by atoms with van der Waals surface area (Å²) in [7, 11) is 1.63. The van der Waals surface area contributed by atoms with E-state index in [2.05, 4.69) is 15.3 Å². The highest BCUT2D eigenvalue weighted by atomic mass is 32.1. The molecular weight excluding hydrogens is 398 g/mol. The number of fused-ring (bicyclic) bond motifs is 3. The molecule has 0 bridgehead atoms. The Bertz CT molecular complexity index is 1250. The predicted octanol–water partition coefficient (Wildman–Crippen LogP) is 3.59. The monoisotopic (exact) mass is 421 g/mol. The van der Waals surface area contributed by atoms with Crippen LogP contribution in [0.2, 0.25) is 0 Å². The topological polar surface area (TPSA) is 94.5 Å². The number of aromatic nitrogens is 5. The van der Waals surface area contributed by atoms with Gasteiger partial charge in [-0.15, -0.1) is 16.4 Å². The molecule has 0 unspecified atom stereocenters. The number of nitrogens with zero attached hydrogens (tertiary/aromatic N) is 6. The van der Waals surface area contributed by atoms with E-state index >= 15 is 0 Å². The Morgan fingerprint density at radius 3 is 2.87 bits per heavy atom. The highest BCUT2D eigenvalue weighted by Gasteiger charge is 2.30. The normalized spacial score (nSPS) is 19.6. The molecule has 4 heterocycles. The van der Waals surface area contributed by atoms with Gasteiger partial charge >= 0.3 is 0 Å². The maximum absolute atomic E-state index is 6.22.